The van der Waals surface area contributed by atoms with Gasteiger partial charge >= 0.3 is 5.97 Å². The van der Waals surface area contributed by atoms with Crippen molar-refractivity contribution in [1.82, 2.24) is 4.90 Å². The Balaban J connectivity index is 2.04. The minimum absolute atomic E-state index is 0.384. The van der Waals surface area contributed by atoms with E-state index in [9.17, 15) is 9.90 Å². The molecule has 1 N–H and O–H groups in total. The van der Waals surface area contributed by atoms with Gasteiger partial charge in [0.2, 0.25) is 0 Å². The van der Waals surface area contributed by atoms with E-state index in [2.05, 4.69) is 11.8 Å². The molecule has 4 nitrogen and oxygen atoms in total. The average Bonchev–Trinajstić information content (AvgIpc) is 2.80. The fraction of sp³-hybridized carbons (Fsp3) is 0.923. The third-order valence-corrected chi connectivity index (χ3v) is 4.28. The Morgan fingerprint density at radius 1 is 1.53 bits per heavy atom. The molecule has 17 heavy (non-hydrogen) atoms. The largest absolute Gasteiger partial charge is 0.481 e. The van der Waals surface area contributed by atoms with Crippen molar-refractivity contribution < 1.29 is 14.6 Å². The summed E-state index contributed by atoms with van der Waals surface area (Å²) >= 11 is 0. The number of piperidine rings is 1. The zero-order chi connectivity index (χ0) is 12.3. The van der Waals surface area contributed by atoms with Crippen molar-refractivity contribution in [2.75, 3.05) is 26.3 Å². The number of carbonyl (C=O) groups is 1. The number of hydrogen-bond acceptors (Lipinski definition) is 3. The van der Waals surface area contributed by atoms with Gasteiger partial charge < -0.3 is 9.84 Å². The molecule has 0 bridgehead atoms. The predicted octanol–water partition coefficient (Wildman–Crippen LogP) is 1.74. The third-order valence-electron chi connectivity index (χ3n) is 4.28. The molecule has 0 aromatic rings. The van der Waals surface area contributed by atoms with Crippen LogP contribution in [-0.2, 0) is 9.53 Å². The van der Waals surface area contributed by atoms with Gasteiger partial charge in [0.25, 0.3) is 0 Å². The Hall–Kier alpha value is -0.610. The van der Waals surface area contributed by atoms with E-state index in [0.717, 1.165) is 13.0 Å². The topological polar surface area (TPSA) is 49.8 Å². The minimum Gasteiger partial charge on any atom is -0.481 e. The molecule has 2 aliphatic heterocycles. The molecule has 0 spiro atoms. The highest BCUT2D eigenvalue weighted by Crippen LogP contribution is 2.32. The Morgan fingerprint density at radius 2 is 2.35 bits per heavy atom. The zero-order valence-corrected chi connectivity index (χ0v) is 10.7. The van der Waals surface area contributed by atoms with Crippen molar-refractivity contribution in [1.29, 1.82) is 0 Å². The Labute approximate surface area is 103 Å². The summed E-state index contributed by atoms with van der Waals surface area (Å²) in [4.78, 5) is 13.9. The first kappa shape index (κ1) is 12.8. The van der Waals surface area contributed by atoms with E-state index in [0.29, 0.717) is 32.2 Å². The van der Waals surface area contributed by atoms with E-state index in [1.165, 1.54) is 19.3 Å². The highest BCUT2D eigenvalue weighted by Gasteiger charge is 2.44. The maximum atomic E-state index is 11.5. The Morgan fingerprint density at radius 3 is 2.94 bits per heavy atom. The fourth-order valence-electron chi connectivity index (χ4n) is 3.09. The standard InChI is InChI=1S/C13H23NO3/c1-2-11-5-3-4-7-14(11)9-13(12(15)16)6-8-17-10-13/h11H,2-10H2,1H3,(H,15,16). The molecule has 2 aliphatic rings. The van der Waals surface area contributed by atoms with Crippen molar-refractivity contribution in [2.45, 2.75) is 45.1 Å². The second-order valence-electron chi connectivity index (χ2n) is 5.42. The van der Waals surface area contributed by atoms with Gasteiger partial charge in [0, 0.05) is 19.2 Å². The first-order valence-corrected chi connectivity index (χ1v) is 6.73. The second kappa shape index (κ2) is 5.36. The van der Waals surface area contributed by atoms with Crippen molar-refractivity contribution in [3.05, 3.63) is 0 Å². The molecule has 2 unspecified atom stereocenters. The van der Waals surface area contributed by atoms with Crippen molar-refractivity contribution in [3.8, 4) is 0 Å². The minimum atomic E-state index is -0.685. The average molecular weight is 241 g/mol. The monoisotopic (exact) mass is 241 g/mol. The highest BCUT2D eigenvalue weighted by atomic mass is 16.5. The van der Waals surface area contributed by atoms with Crippen LogP contribution in [0.1, 0.15) is 39.0 Å². The lowest BCUT2D eigenvalue weighted by atomic mass is 9.85. The first-order valence-electron chi connectivity index (χ1n) is 6.73. The lowest BCUT2D eigenvalue weighted by Gasteiger charge is -2.39. The summed E-state index contributed by atoms with van der Waals surface area (Å²) in [5.74, 6) is -0.685. The summed E-state index contributed by atoms with van der Waals surface area (Å²) in [5.41, 5.74) is -0.648. The molecule has 0 radical (unpaired) electrons. The van der Waals surface area contributed by atoms with E-state index >= 15 is 0 Å². The fourth-order valence-corrected chi connectivity index (χ4v) is 3.09. The molecule has 0 aromatic heterocycles. The van der Waals surface area contributed by atoms with E-state index in [1.807, 2.05) is 0 Å². The van der Waals surface area contributed by atoms with Crippen LogP contribution in [0.4, 0.5) is 0 Å². The molecule has 0 aliphatic carbocycles. The number of carboxylic acid groups (broad SMARTS) is 1. The molecule has 4 heteroatoms. The summed E-state index contributed by atoms with van der Waals surface area (Å²) in [6.45, 7) is 4.89. The van der Waals surface area contributed by atoms with Gasteiger partial charge in [-0.25, -0.2) is 0 Å². The lowest BCUT2D eigenvalue weighted by molar-refractivity contribution is -0.150. The molecular weight excluding hydrogens is 218 g/mol. The summed E-state index contributed by atoms with van der Waals surface area (Å²) in [6.07, 6.45) is 5.48. The number of likely N-dealkylation sites (tertiary alicyclic amines) is 1. The van der Waals surface area contributed by atoms with Crippen LogP contribution in [0.5, 0.6) is 0 Å². The molecule has 0 aromatic carbocycles. The second-order valence-corrected chi connectivity index (χ2v) is 5.42. The molecule has 98 valence electrons. The van der Waals surface area contributed by atoms with E-state index in [-0.39, 0.29) is 0 Å². The molecule has 2 rings (SSSR count). The summed E-state index contributed by atoms with van der Waals surface area (Å²) in [5, 5.41) is 9.45. The number of ether oxygens (including phenoxy) is 1. The number of rotatable bonds is 4. The van der Waals surface area contributed by atoms with Gasteiger partial charge in [0.05, 0.1) is 6.61 Å². The number of aliphatic carboxylic acids is 1. The van der Waals surface area contributed by atoms with Gasteiger partial charge in [-0.15, -0.1) is 0 Å². The van der Waals surface area contributed by atoms with Crippen LogP contribution in [0.25, 0.3) is 0 Å². The smallest absolute Gasteiger partial charge is 0.313 e. The quantitative estimate of drug-likeness (QED) is 0.814. The molecule has 2 saturated heterocycles. The molecule has 0 saturated carbocycles. The maximum absolute atomic E-state index is 11.5. The Kier molecular flexibility index (Phi) is 4.05. The van der Waals surface area contributed by atoms with Crippen molar-refractivity contribution >= 4 is 5.97 Å². The predicted molar refractivity (Wildman–Crippen MR) is 65.0 cm³/mol. The zero-order valence-electron chi connectivity index (χ0n) is 10.7. The highest BCUT2D eigenvalue weighted by molar-refractivity contribution is 5.75. The first-order chi connectivity index (χ1) is 8.18. The normalized spacial score (nSPS) is 35.0. The van der Waals surface area contributed by atoms with Crippen LogP contribution in [0.15, 0.2) is 0 Å². The molecule has 2 heterocycles. The Bertz CT molecular complexity index is 274. The van der Waals surface area contributed by atoms with Crippen LogP contribution < -0.4 is 0 Å². The summed E-state index contributed by atoms with van der Waals surface area (Å²) in [7, 11) is 0. The SMILES string of the molecule is CCC1CCCCN1CC1(C(=O)O)CCOC1. The summed E-state index contributed by atoms with van der Waals surface area (Å²) < 4.78 is 5.32. The van der Waals surface area contributed by atoms with Gasteiger partial charge in [0.1, 0.15) is 5.41 Å². The number of carboxylic acids is 1. The molecule has 0 amide bonds. The van der Waals surface area contributed by atoms with Crippen molar-refractivity contribution in [2.24, 2.45) is 5.41 Å². The van der Waals surface area contributed by atoms with Gasteiger partial charge in [0.15, 0.2) is 0 Å². The van der Waals surface area contributed by atoms with E-state index in [4.69, 9.17) is 4.74 Å². The van der Waals surface area contributed by atoms with Crippen molar-refractivity contribution in [3.63, 3.8) is 0 Å². The number of nitrogens with zero attached hydrogens (tertiary/aromatic N) is 1. The molecule has 2 fully saturated rings. The van der Waals surface area contributed by atoms with Gasteiger partial charge in [-0.2, -0.15) is 0 Å². The van der Waals surface area contributed by atoms with E-state index in [1.54, 1.807) is 0 Å². The van der Waals surface area contributed by atoms with Gasteiger partial charge in [-0.1, -0.05) is 13.3 Å². The van der Waals surface area contributed by atoms with Crippen LogP contribution in [0.3, 0.4) is 0 Å². The summed E-state index contributed by atoms with van der Waals surface area (Å²) in [6, 6.07) is 0.570. The molecule has 2 atom stereocenters. The van der Waals surface area contributed by atoms with Gasteiger partial charge in [-0.05, 0) is 32.2 Å². The molecular formula is C13H23NO3. The van der Waals surface area contributed by atoms with Gasteiger partial charge in [-0.3, -0.25) is 9.69 Å². The number of hydrogen-bond donors (Lipinski definition) is 1. The van der Waals surface area contributed by atoms with Crippen LogP contribution in [0.2, 0.25) is 0 Å². The van der Waals surface area contributed by atoms with E-state index < -0.39 is 11.4 Å². The van der Waals surface area contributed by atoms with Crippen LogP contribution >= 0.6 is 0 Å². The lowest BCUT2D eigenvalue weighted by Crippen LogP contribution is -2.49. The third kappa shape index (κ3) is 2.63. The maximum Gasteiger partial charge on any atom is 0.313 e. The van der Waals surface area contributed by atoms with Crippen LogP contribution in [-0.4, -0.2) is 48.3 Å². The van der Waals surface area contributed by atoms with Crippen LogP contribution in [0, 0.1) is 5.41 Å².